The van der Waals surface area contributed by atoms with E-state index in [0.29, 0.717) is 6.42 Å². The van der Waals surface area contributed by atoms with Crippen molar-refractivity contribution in [2.75, 3.05) is 26.7 Å². The van der Waals surface area contributed by atoms with Crippen LogP contribution in [0.1, 0.15) is 62.6 Å². The highest BCUT2D eigenvalue weighted by molar-refractivity contribution is 5.87. The molecule has 1 aromatic heterocycles. The Morgan fingerprint density at radius 3 is 2.33 bits per heavy atom. The quantitative estimate of drug-likeness (QED) is 0.196. The van der Waals surface area contributed by atoms with Crippen molar-refractivity contribution in [3.63, 3.8) is 0 Å². The predicted octanol–water partition coefficient (Wildman–Crippen LogP) is 6.85. The van der Waals surface area contributed by atoms with E-state index in [-0.39, 0.29) is 17.9 Å². The second-order valence-electron chi connectivity index (χ2n) is 10.4. The zero-order valence-corrected chi connectivity index (χ0v) is 23.9. The smallest absolute Gasteiger partial charge is 0.221 e. The lowest BCUT2D eigenvalue weighted by atomic mass is 9.88. The summed E-state index contributed by atoms with van der Waals surface area (Å²) in [6.45, 7) is 10.5. The highest BCUT2D eigenvalue weighted by Crippen LogP contribution is 2.36. The van der Waals surface area contributed by atoms with Gasteiger partial charge in [0, 0.05) is 42.0 Å². The fraction of sp³-hybridized carbons (Fsp3) is 0.382. The molecule has 4 aromatic rings. The topological polar surface area (TPSA) is 46.5 Å². The van der Waals surface area contributed by atoms with E-state index in [1.54, 1.807) is 7.11 Å². The third-order valence-electron chi connectivity index (χ3n) is 7.71. The van der Waals surface area contributed by atoms with Crippen molar-refractivity contribution in [2.24, 2.45) is 0 Å². The summed E-state index contributed by atoms with van der Waals surface area (Å²) in [5, 5.41) is 4.48. The van der Waals surface area contributed by atoms with Crippen LogP contribution in [0.2, 0.25) is 0 Å². The number of fused-ring (bicyclic) bond motifs is 1. The lowest BCUT2D eigenvalue weighted by Gasteiger charge is -2.21. The van der Waals surface area contributed by atoms with Crippen molar-refractivity contribution >= 4 is 16.8 Å². The minimum absolute atomic E-state index is 0.0688. The maximum absolute atomic E-state index is 13.4. The van der Waals surface area contributed by atoms with E-state index < -0.39 is 0 Å². The van der Waals surface area contributed by atoms with Crippen LogP contribution < -0.4 is 10.1 Å². The first-order valence-electron chi connectivity index (χ1n) is 14.3. The van der Waals surface area contributed by atoms with Gasteiger partial charge in [0.2, 0.25) is 5.91 Å². The third kappa shape index (κ3) is 7.51. The molecule has 0 aliphatic heterocycles. The Bertz CT molecular complexity index is 1310. The molecule has 3 aromatic carbocycles. The molecule has 1 heterocycles. The fourth-order valence-electron chi connectivity index (χ4n) is 5.46. The molecule has 4 rings (SSSR count). The zero-order valence-electron chi connectivity index (χ0n) is 23.9. The van der Waals surface area contributed by atoms with Gasteiger partial charge in [-0.05, 0) is 74.3 Å². The van der Waals surface area contributed by atoms with Crippen LogP contribution in [0.5, 0.6) is 5.75 Å². The lowest BCUT2D eigenvalue weighted by molar-refractivity contribution is -0.121. The maximum atomic E-state index is 13.4. The molecule has 5 nitrogen and oxygen atoms in total. The van der Waals surface area contributed by atoms with Crippen molar-refractivity contribution in [1.29, 1.82) is 0 Å². The summed E-state index contributed by atoms with van der Waals surface area (Å²) < 4.78 is 7.72. The van der Waals surface area contributed by atoms with Gasteiger partial charge in [-0.2, -0.15) is 0 Å². The summed E-state index contributed by atoms with van der Waals surface area (Å²) in [6, 6.07) is 27.3. The molecule has 206 valence electrons. The molecular weight excluding hydrogens is 482 g/mol. The summed E-state index contributed by atoms with van der Waals surface area (Å²) in [4.78, 5) is 15.9. The van der Waals surface area contributed by atoms with Gasteiger partial charge in [0.25, 0.3) is 0 Å². The second kappa shape index (κ2) is 14.0. The molecule has 1 N–H and O–H groups in total. The van der Waals surface area contributed by atoms with Crippen molar-refractivity contribution in [2.45, 2.75) is 58.5 Å². The molecule has 1 amide bonds. The number of hydrogen-bond donors (Lipinski definition) is 1. The van der Waals surface area contributed by atoms with Gasteiger partial charge in [0.1, 0.15) is 5.75 Å². The molecule has 0 fully saturated rings. The summed E-state index contributed by atoms with van der Waals surface area (Å²) >= 11 is 0. The number of nitrogens with one attached hydrogen (secondary N) is 1. The Morgan fingerprint density at radius 2 is 1.64 bits per heavy atom. The lowest BCUT2D eigenvalue weighted by Crippen LogP contribution is -2.34. The van der Waals surface area contributed by atoms with Crippen LogP contribution >= 0.6 is 0 Å². The first kappa shape index (κ1) is 28.4. The number of carbonyl (C=O) groups is 1. The molecule has 0 saturated carbocycles. The molecule has 0 radical (unpaired) electrons. The van der Waals surface area contributed by atoms with E-state index in [2.05, 4.69) is 102 Å². The van der Waals surface area contributed by atoms with Gasteiger partial charge in [-0.3, -0.25) is 4.79 Å². The molecule has 0 saturated heterocycles. The van der Waals surface area contributed by atoms with Gasteiger partial charge in [0.05, 0.1) is 7.11 Å². The molecule has 0 bridgehead atoms. The van der Waals surface area contributed by atoms with Crippen LogP contribution in [0.3, 0.4) is 0 Å². The number of methoxy groups -OCH3 is 1. The normalized spacial score (nSPS) is 12.9. The van der Waals surface area contributed by atoms with E-state index in [0.717, 1.165) is 50.3 Å². The van der Waals surface area contributed by atoms with Crippen LogP contribution in [0.4, 0.5) is 0 Å². The maximum Gasteiger partial charge on any atom is 0.221 e. The van der Waals surface area contributed by atoms with E-state index in [1.165, 1.54) is 22.0 Å². The summed E-state index contributed by atoms with van der Waals surface area (Å²) in [5.41, 5.74) is 4.72. The molecular formula is C34H43N3O2. The van der Waals surface area contributed by atoms with Crippen molar-refractivity contribution < 1.29 is 9.53 Å². The molecule has 0 spiro atoms. The third-order valence-corrected chi connectivity index (χ3v) is 7.71. The van der Waals surface area contributed by atoms with Crippen LogP contribution in [-0.2, 0) is 11.3 Å². The number of carbonyl (C=O) groups excluding carboxylic acids is 1. The Morgan fingerprint density at radius 1 is 0.949 bits per heavy atom. The standard InChI is InChI=1S/C34H43N3O2/c1-5-36(6-2)22-12-13-26(3)35-34(38)23-31(28-18-20-29(39-4)21-19-28)32-25-37(24-27-14-8-7-9-15-27)33-17-11-10-16-30(32)33/h7-11,14-21,25-26,31H,5-6,12-13,22-24H2,1-4H3,(H,35,38). The number of aromatic nitrogens is 1. The SMILES string of the molecule is CCN(CC)CCCC(C)NC(=O)CC(c1ccc(OC)cc1)c1cn(Cc2ccccc2)c2ccccc12. The van der Waals surface area contributed by atoms with Crippen molar-refractivity contribution in [1.82, 2.24) is 14.8 Å². The number of amides is 1. The Balaban J connectivity index is 1.59. The average molecular weight is 526 g/mol. The average Bonchev–Trinajstić information content (AvgIpc) is 3.32. The minimum Gasteiger partial charge on any atom is -0.497 e. The number of para-hydroxylation sites is 1. The van der Waals surface area contributed by atoms with E-state index >= 15 is 0 Å². The minimum atomic E-state index is -0.0688. The summed E-state index contributed by atoms with van der Waals surface area (Å²) in [5.74, 6) is 0.835. The number of benzene rings is 3. The fourth-order valence-corrected chi connectivity index (χ4v) is 5.46. The Kier molecular flexibility index (Phi) is 10.2. The molecule has 0 aliphatic carbocycles. The van der Waals surface area contributed by atoms with Crippen LogP contribution in [0, 0.1) is 0 Å². The number of nitrogens with zero attached hydrogens (tertiary/aromatic N) is 2. The molecule has 39 heavy (non-hydrogen) atoms. The van der Waals surface area contributed by atoms with Gasteiger partial charge in [-0.25, -0.2) is 0 Å². The van der Waals surface area contributed by atoms with Gasteiger partial charge in [0.15, 0.2) is 0 Å². The van der Waals surface area contributed by atoms with Gasteiger partial charge < -0.3 is 19.5 Å². The first-order chi connectivity index (χ1) is 19.0. The molecule has 2 atom stereocenters. The summed E-state index contributed by atoms with van der Waals surface area (Å²) in [6.07, 6.45) is 4.70. The predicted molar refractivity (Wildman–Crippen MR) is 162 cm³/mol. The Hall–Kier alpha value is -3.57. The van der Waals surface area contributed by atoms with Crippen LogP contribution in [-0.4, -0.2) is 48.2 Å². The first-order valence-corrected chi connectivity index (χ1v) is 14.3. The zero-order chi connectivity index (χ0) is 27.6. The van der Waals surface area contributed by atoms with Crippen LogP contribution in [0.15, 0.2) is 85.1 Å². The highest BCUT2D eigenvalue weighted by Gasteiger charge is 2.23. The molecule has 0 aliphatic rings. The molecule has 5 heteroatoms. The Labute approximate surface area is 233 Å². The summed E-state index contributed by atoms with van der Waals surface area (Å²) in [7, 11) is 1.68. The van der Waals surface area contributed by atoms with E-state index in [9.17, 15) is 4.79 Å². The number of rotatable bonds is 14. The van der Waals surface area contributed by atoms with Gasteiger partial charge >= 0.3 is 0 Å². The van der Waals surface area contributed by atoms with E-state index in [4.69, 9.17) is 4.74 Å². The highest BCUT2D eigenvalue weighted by atomic mass is 16.5. The molecule has 2 unspecified atom stereocenters. The second-order valence-corrected chi connectivity index (χ2v) is 10.4. The monoisotopic (exact) mass is 525 g/mol. The van der Waals surface area contributed by atoms with Gasteiger partial charge in [-0.15, -0.1) is 0 Å². The van der Waals surface area contributed by atoms with E-state index in [1.807, 2.05) is 18.2 Å². The van der Waals surface area contributed by atoms with Gasteiger partial charge in [-0.1, -0.05) is 74.5 Å². The van der Waals surface area contributed by atoms with Crippen molar-refractivity contribution in [3.05, 3.63) is 102 Å². The van der Waals surface area contributed by atoms with Crippen molar-refractivity contribution in [3.8, 4) is 5.75 Å². The number of ether oxygens (including phenoxy) is 1. The number of hydrogen-bond acceptors (Lipinski definition) is 3. The van der Waals surface area contributed by atoms with Crippen LogP contribution in [0.25, 0.3) is 10.9 Å². The largest absolute Gasteiger partial charge is 0.497 e.